The summed E-state index contributed by atoms with van der Waals surface area (Å²) >= 11 is 0. The van der Waals surface area contributed by atoms with Crippen LogP contribution in [0.25, 0.3) is 11.1 Å². The van der Waals surface area contributed by atoms with Crippen LogP contribution in [0, 0.1) is 5.41 Å². The maximum atomic E-state index is 12.9. The standard InChI is InChI=1S/C28H32O9/c1-6-23(29)28(26(32)36-7-2,27(33)37-8-3)13-12-18-10-9-11-19(14-18)20-15-21(24(30)34-4)17-22(16-20)25(31)35-5/h9-11,14-17H,6-8,12-13H2,1-5H3. The number of hydrogen-bond acceptors (Lipinski definition) is 9. The topological polar surface area (TPSA) is 122 Å². The van der Waals surface area contributed by atoms with Crippen LogP contribution >= 0.6 is 0 Å². The summed E-state index contributed by atoms with van der Waals surface area (Å²) in [6.45, 7) is 4.78. The summed E-state index contributed by atoms with van der Waals surface area (Å²) in [5.41, 5.74) is 0.193. The molecule has 2 rings (SSSR count). The molecule has 198 valence electrons. The molecule has 0 saturated heterocycles. The monoisotopic (exact) mass is 512 g/mol. The lowest BCUT2D eigenvalue weighted by atomic mass is 9.77. The first-order valence-corrected chi connectivity index (χ1v) is 12.0. The molecule has 0 aliphatic rings. The van der Waals surface area contributed by atoms with E-state index in [-0.39, 0.29) is 43.6 Å². The van der Waals surface area contributed by atoms with Crippen LogP contribution < -0.4 is 0 Å². The number of Topliss-reactive ketones (excluding diaryl/α,β-unsaturated/α-hetero) is 1. The molecule has 0 bridgehead atoms. The Hall–Kier alpha value is -4.01. The van der Waals surface area contributed by atoms with E-state index in [4.69, 9.17) is 18.9 Å². The molecular weight excluding hydrogens is 480 g/mol. The Morgan fingerprint density at radius 3 is 1.73 bits per heavy atom. The van der Waals surface area contributed by atoms with Gasteiger partial charge < -0.3 is 18.9 Å². The normalized spacial score (nSPS) is 10.8. The van der Waals surface area contributed by atoms with Gasteiger partial charge in [-0.15, -0.1) is 0 Å². The fourth-order valence-electron chi connectivity index (χ4n) is 3.97. The molecule has 0 fully saturated rings. The van der Waals surface area contributed by atoms with Gasteiger partial charge in [-0.3, -0.25) is 14.4 Å². The Kier molecular flexibility index (Phi) is 10.5. The zero-order valence-corrected chi connectivity index (χ0v) is 21.8. The van der Waals surface area contributed by atoms with Gasteiger partial charge in [0.2, 0.25) is 5.41 Å². The molecule has 9 nitrogen and oxygen atoms in total. The van der Waals surface area contributed by atoms with Crippen molar-refractivity contribution in [3.63, 3.8) is 0 Å². The van der Waals surface area contributed by atoms with E-state index in [1.807, 2.05) is 0 Å². The van der Waals surface area contributed by atoms with Gasteiger partial charge in [0.15, 0.2) is 5.78 Å². The summed E-state index contributed by atoms with van der Waals surface area (Å²) in [6, 6.07) is 11.7. The van der Waals surface area contributed by atoms with Gasteiger partial charge >= 0.3 is 23.9 Å². The number of carbonyl (C=O) groups is 5. The van der Waals surface area contributed by atoms with Gasteiger partial charge in [-0.1, -0.05) is 31.2 Å². The Labute approximate surface area is 216 Å². The number of rotatable bonds is 12. The van der Waals surface area contributed by atoms with Crippen molar-refractivity contribution >= 4 is 29.7 Å². The third-order valence-corrected chi connectivity index (χ3v) is 5.87. The summed E-state index contributed by atoms with van der Waals surface area (Å²) in [5.74, 6) is -3.66. The fraction of sp³-hybridized carbons (Fsp3) is 0.393. The summed E-state index contributed by atoms with van der Waals surface area (Å²) in [6.07, 6.45) is -0.0115. The van der Waals surface area contributed by atoms with Crippen LogP contribution in [-0.2, 0) is 39.8 Å². The number of hydrogen-bond donors (Lipinski definition) is 0. The summed E-state index contributed by atoms with van der Waals surface area (Å²) in [4.78, 5) is 63.1. The van der Waals surface area contributed by atoms with Gasteiger partial charge in [0.05, 0.1) is 38.6 Å². The average molecular weight is 513 g/mol. The fourth-order valence-corrected chi connectivity index (χ4v) is 3.97. The minimum absolute atomic E-state index is 0.00549. The Morgan fingerprint density at radius 1 is 0.730 bits per heavy atom. The first-order chi connectivity index (χ1) is 17.7. The van der Waals surface area contributed by atoms with Crippen molar-refractivity contribution in [2.45, 2.75) is 40.0 Å². The largest absolute Gasteiger partial charge is 0.465 e. The number of methoxy groups -OCH3 is 2. The van der Waals surface area contributed by atoms with Crippen LogP contribution in [-0.4, -0.2) is 57.1 Å². The summed E-state index contributed by atoms with van der Waals surface area (Å²) < 4.78 is 19.9. The average Bonchev–Trinajstić information content (AvgIpc) is 2.92. The van der Waals surface area contributed by atoms with Crippen molar-refractivity contribution in [1.82, 2.24) is 0 Å². The summed E-state index contributed by atoms with van der Waals surface area (Å²) in [5, 5.41) is 0. The van der Waals surface area contributed by atoms with E-state index < -0.39 is 35.1 Å². The van der Waals surface area contributed by atoms with Gasteiger partial charge in [-0.2, -0.15) is 0 Å². The molecule has 0 N–H and O–H groups in total. The molecular formula is C28H32O9. The summed E-state index contributed by atoms with van der Waals surface area (Å²) in [7, 11) is 2.48. The van der Waals surface area contributed by atoms with Crippen molar-refractivity contribution in [3.8, 4) is 11.1 Å². The molecule has 37 heavy (non-hydrogen) atoms. The van der Waals surface area contributed by atoms with E-state index in [1.54, 1.807) is 57.2 Å². The molecule has 0 atom stereocenters. The minimum Gasteiger partial charge on any atom is -0.465 e. The molecule has 0 aliphatic heterocycles. The van der Waals surface area contributed by atoms with Crippen LogP contribution in [0.1, 0.15) is 59.9 Å². The van der Waals surface area contributed by atoms with Crippen LogP contribution in [0.3, 0.4) is 0 Å². The zero-order valence-electron chi connectivity index (χ0n) is 21.8. The van der Waals surface area contributed by atoms with E-state index in [2.05, 4.69) is 0 Å². The Balaban J connectivity index is 2.50. The van der Waals surface area contributed by atoms with E-state index in [1.165, 1.54) is 20.3 Å². The van der Waals surface area contributed by atoms with E-state index in [0.29, 0.717) is 16.7 Å². The van der Waals surface area contributed by atoms with Crippen LogP contribution in [0.2, 0.25) is 0 Å². The van der Waals surface area contributed by atoms with E-state index in [9.17, 15) is 24.0 Å². The molecule has 2 aromatic rings. The SMILES string of the molecule is CCOC(=O)C(CCc1cccc(-c2cc(C(=O)OC)cc(C(=O)OC)c2)c1)(C(=O)CC)C(=O)OCC. The highest BCUT2D eigenvalue weighted by molar-refractivity contribution is 6.20. The highest BCUT2D eigenvalue weighted by Crippen LogP contribution is 2.32. The van der Waals surface area contributed by atoms with Gasteiger partial charge in [-0.25, -0.2) is 9.59 Å². The van der Waals surface area contributed by atoms with Crippen molar-refractivity contribution < 1.29 is 42.9 Å². The lowest BCUT2D eigenvalue weighted by Gasteiger charge is -2.27. The smallest absolute Gasteiger partial charge is 0.337 e. The third-order valence-electron chi connectivity index (χ3n) is 5.87. The predicted octanol–water partition coefficient (Wildman–Crippen LogP) is 3.95. The van der Waals surface area contributed by atoms with E-state index >= 15 is 0 Å². The lowest BCUT2D eigenvalue weighted by molar-refractivity contribution is -0.175. The van der Waals surface area contributed by atoms with Crippen molar-refractivity contribution in [1.29, 1.82) is 0 Å². The highest BCUT2D eigenvalue weighted by Gasteiger charge is 2.54. The maximum Gasteiger partial charge on any atom is 0.337 e. The first kappa shape index (κ1) is 29.2. The predicted molar refractivity (Wildman–Crippen MR) is 134 cm³/mol. The number of esters is 4. The molecule has 0 spiro atoms. The second-order valence-electron chi connectivity index (χ2n) is 8.11. The molecule has 0 aromatic heterocycles. The molecule has 0 unspecified atom stereocenters. The van der Waals surface area contributed by atoms with Crippen molar-refractivity contribution in [2.24, 2.45) is 5.41 Å². The minimum atomic E-state index is -2.07. The quantitative estimate of drug-likeness (QED) is 0.236. The molecule has 0 aliphatic carbocycles. The van der Waals surface area contributed by atoms with Crippen molar-refractivity contribution in [2.75, 3.05) is 27.4 Å². The molecule has 0 heterocycles. The van der Waals surface area contributed by atoms with Gasteiger partial charge in [0, 0.05) is 6.42 Å². The van der Waals surface area contributed by atoms with Crippen LogP contribution in [0.4, 0.5) is 0 Å². The maximum absolute atomic E-state index is 12.9. The second-order valence-corrected chi connectivity index (χ2v) is 8.11. The van der Waals surface area contributed by atoms with Crippen LogP contribution in [0.15, 0.2) is 42.5 Å². The Morgan fingerprint density at radius 2 is 1.27 bits per heavy atom. The van der Waals surface area contributed by atoms with Gasteiger partial charge in [0.1, 0.15) is 0 Å². The molecule has 0 amide bonds. The third kappa shape index (κ3) is 6.61. The number of ether oxygens (including phenoxy) is 4. The number of benzene rings is 2. The Bertz CT molecular complexity index is 1110. The number of ketones is 1. The molecule has 0 radical (unpaired) electrons. The van der Waals surface area contributed by atoms with Crippen molar-refractivity contribution in [3.05, 3.63) is 59.2 Å². The number of carbonyl (C=O) groups excluding carboxylic acids is 5. The highest BCUT2D eigenvalue weighted by atomic mass is 16.6. The zero-order chi connectivity index (χ0) is 27.6. The number of aryl methyl sites for hydroxylation is 1. The molecule has 9 heteroatoms. The second kappa shape index (κ2) is 13.3. The lowest BCUT2D eigenvalue weighted by Crippen LogP contribution is -2.48. The van der Waals surface area contributed by atoms with Gasteiger partial charge in [-0.05, 0) is 61.6 Å². The van der Waals surface area contributed by atoms with Gasteiger partial charge in [0.25, 0.3) is 0 Å². The van der Waals surface area contributed by atoms with Crippen LogP contribution in [0.5, 0.6) is 0 Å². The van der Waals surface area contributed by atoms with E-state index in [0.717, 1.165) is 0 Å². The molecule has 2 aromatic carbocycles. The first-order valence-electron chi connectivity index (χ1n) is 12.0. The molecule has 0 saturated carbocycles.